The Hall–Kier alpha value is -1.34. The highest BCUT2D eigenvalue weighted by molar-refractivity contribution is 9.10. The molecule has 1 aromatic heterocycles. The predicted octanol–water partition coefficient (Wildman–Crippen LogP) is 3.85. The molecule has 1 atom stereocenters. The Morgan fingerprint density at radius 2 is 2.35 bits per heavy atom. The van der Waals surface area contributed by atoms with Gasteiger partial charge in [0.05, 0.1) is 5.75 Å². The highest BCUT2D eigenvalue weighted by atomic mass is 79.9. The van der Waals surface area contributed by atoms with Crippen molar-refractivity contribution in [3.8, 4) is 11.5 Å². The Morgan fingerprint density at radius 3 is 3.13 bits per heavy atom. The Balaban J connectivity index is 1.58. The van der Waals surface area contributed by atoms with Crippen LogP contribution in [-0.2, 0) is 4.79 Å². The number of likely N-dealkylation sites (tertiary alicyclic amines) is 1. The Labute approximate surface area is 148 Å². The van der Waals surface area contributed by atoms with Crippen molar-refractivity contribution < 1.29 is 9.21 Å². The van der Waals surface area contributed by atoms with Crippen molar-refractivity contribution in [2.24, 2.45) is 5.92 Å². The summed E-state index contributed by atoms with van der Waals surface area (Å²) in [6, 6.07) is 7.68. The maximum absolute atomic E-state index is 12.2. The smallest absolute Gasteiger partial charge is 0.277 e. The van der Waals surface area contributed by atoms with E-state index in [1.165, 1.54) is 18.2 Å². The minimum atomic E-state index is 0.142. The van der Waals surface area contributed by atoms with Crippen molar-refractivity contribution in [2.75, 3.05) is 18.8 Å². The molecule has 1 saturated heterocycles. The molecule has 1 fully saturated rings. The number of hydrogen-bond acceptors (Lipinski definition) is 5. The fraction of sp³-hybridized carbons (Fsp3) is 0.438. The molecule has 1 amide bonds. The molecular weight excluding hydrogens is 378 g/mol. The van der Waals surface area contributed by atoms with Gasteiger partial charge in [0.1, 0.15) is 0 Å². The lowest BCUT2D eigenvalue weighted by Crippen LogP contribution is -2.40. The highest BCUT2D eigenvalue weighted by Crippen LogP contribution is 2.26. The van der Waals surface area contributed by atoms with E-state index < -0.39 is 0 Å². The van der Waals surface area contributed by atoms with Crippen LogP contribution in [0.5, 0.6) is 0 Å². The Morgan fingerprint density at radius 1 is 1.48 bits per heavy atom. The summed E-state index contributed by atoms with van der Waals surface area (Å²) >= 11 is 4.72. The van der Waals surface area contributed by atoms with Crippen LogP contribution in [0.15, 0.2) is 38.4 Å². The third-order valence-corrected chi connectivity index (χ3v) is 5.10. The Bertz CT molecular complexity index is 691. The van der Waals surface area contributed by atoms with Gasteiger partial charge in [0.25, 0.3) is 5.22 Å². The van der Waals surface area contributed by atoms with Gasteiger partial charge in [-0.3, -0.25) is 4.79 Å². The molecule has 1 aliphatic rings. The van der Waals surface area contributed by atoms with Gasteiger partial charge in [-0.2, -0.15) is 0 Å². The number of benzene rings is 1. The Kier molecular flexibility index (Phi) is 5.38. The molecule has 122 valence electrons. The predicted molar refractivity (Wildman–Crippen MR) is 93.1 cm³/mol. The number of carbonyl (C=O) groups is 1. The molecule has 0 N–H and O–H groups in total. The van der Waals surface area contributed by atoms with Crippen molar-refractivity contribution in [3.05, 3.63) is 28.7 Å². The summed E-state index contributed by atoms with van der Waals surface area (Å²) in [7, 11) is 0. The zero-order valence-corrected chi connectivity index (χ0v) is 15.3. The van der Waals surface area contributed by atoms with E-state index in [4.69, 9.17) is 4.42 Å². The van der Waals surface area contributed by atoms with E-state index in [9.17, 15) is 4.79 Å². The second-order valence-electron chi connectivity index (χ2n) is 5.76. The van der Waals surface area contributed by atoms with Gasteiger partial charge >= 0.3 is 0 Å². The fourth-order valence-corrected chi connectivity index (χ4v) is 3.70. The van der Waals surface area contributed by atoms with Crippen molar-refractivity contribution in [3.63, 3.8) is 0 Å². The van der Waals surface area contributed by atoms with Gasteiger partial charge in [-0.05, 0) is 37.0 Å². The summed E-state index contributed by atoms with van der Waals surface area (Å²) in [6.07, 6.45) is 2.29. The molecule has 23 heavy (non-hydrogen) atoms. The zero-order valence-electron chi connectivity index (χ0n) is 12.9. The van der Waals surface area contributed by atoms with Gasteiger partial charge in [-0.25, -0.2) is 0 Å². The number of thioether (sulfide) groups is 1. The molecule has 0 saturated carbocycles. The first-order valence-electron chi connectivity index (χ1n) is 7.62. The molecule has 5 nitrogen and oxygen atoms in total. The maximum atomic E-state index is 12.2. The van der Waals surface area contributed by atoms with Crippen LogP contribution in [0.2, 0.25) is 0 Å². The lowest BCUT2D eigenvalue weighted by Gasteiger charge is -2.30. The normalized spacial score (nSPS) is 18.2. The molecule has 2 heterocycles. The fourth-order valence-electron chi connectivity index (χ4n) is 2.64. The molecule has 0 radical (unpaired) electrons. The lowest BCUT2D eigenvalue weighted by atomic mass is 10.0. The van der Waals surface area contributed by atoms with Gasteiger partial charge in [-0.1, -0.05) is 40.7 Å². The maximum Gasteiger partial charge on any atom is 0.277 e. The van der Waals surface area contributed by atoms with E-state index in [1.807, 2.05) is 29.2 Å². The van der Waals surface area contributed by atoms with Crippen molar-refractivity contribution in [1.82, 2.24) is 15.1 Å². The summed E-state index contributed by atoms with van der Waals surface area (Å²) in [4.78, 5) is 14.2. The summed E-state index contributed by atoms with van der Waals surface area (Å²) in [5.41, 5.74) is 0.856. The summed E-state index contributed by atoms with van der Waals surface area (Å²) in [5.74, 6) is 1.54. The van der Waals surface area contributed by atoms with Crippen LogP contribution in [0.1, 0.15) is 19.8 Å². The molecule has 0 spiro atoms. The number of nitrogens with zero attached hydrogens (tertiary/aromatic N) is 3. The van der Waals surface area contributed by atoms with Gasteiger partial charge in [0, 0.05) is 23.1 Å². The van der Waals surface area contributed by atoms with Crippen molar-refractivity contribution in [2.45, 2.75) is 25.0 Å². The topological polar surface area (TPSA) is 59.2 Å². The molecule has 0 unspecified atom stereocenters. The number of halogens is 1. The second kappa shape index (κ2) is 7.49. The number of rotatable bonds is 4. The van der Waals surface area contributed by atoms with E-state index in [-0.39, 0.29) is 5.91 Å². The molecule has 0 bridgehead atoms. The summed E-state index contributed by atoms with van der Waals surface area (Å²) in [6.45, 7) is 3.90. The minimum absolute atomic E-state index is 0.142. The van der Waals surface area contributed by atoms with Crippen LogP contribution in [0, 0.1) is 5.92 Å². The third kappa shape index (κ3) is 4.35. The minimum Gasteiger partial charge on any atom is -0.411 e. The molecule has 2 aromatic rings. The quantitative estimate of drug-likeness (QED) is 0.735. The average molecular weight is 396 g/mol. The van der Waals surface area contributed by atoms with E-state index in [1.54, 1.807) is 0 Å². The van der Waals surface area contributed by atoms with Crippen molar-refractivity contribution in [1.29, 1.82) is 0 Å². The zero-order chi connectivity index (χ0) is 16.2. The first kappa shape index (κ1) is 16.5. The van der Waals surface area contributed by atoms with Gasteiger partial charge in [0.2, 0.25) is 11.8 Å². The molecule has 3 rings (SSSR count). The van der Waals surface area contributed by atoms with E-state index in [0.29, 0.717) is 22.8 Å². The molecule has 7 heteroatoms. The van der Waals surface area contributed by atoms with Gasteiger partial charge in [-0.15, -0.1) is 10.2 Å². The van der Waals surface area contributed by atoms with Crippen molar-refractivity contribution >= 4 is 33.6 Å². The molecule has 1 aromatic carbocycles. The van der Waals surface area contributed by atoms with Crippen LogP contribution < -0.4 is 0 Å². The van der Waals surface area contributed by atoms with Crippen LogP contribution >= 0.6 is 27.7 Å². The monoisotopic (exact) mass is 395 g/mol. The lowest BCUT2D eigenvalue weighted by molar-refractivity contribution is -0.130. The van der Waals surface area contributed by atoms with E-state index in [2.05, 4.69) is 33.1 Å². The first-order chi connectivity index (χ1) is 11.1. The van der Waals surface area contributed by atoms with E-state index >= 15 is 0 Å². The highest BCUT2D eigenvalue weighted by Gasteiger charge is 2.21. The summed E-state index contributed by atoms with van der Waals surface area (Å²) < 4.78 is 6.59. The molecule has 1 aliphatic heterocycles. The number of hydrogen-bond donors (Lipinski definition) is 0. The van der Waals surface area contributed by atoms with Gasteiger partial charge < -0.3 is 9.32 Å². The van der Waals surface area contributed by atoms with Crippen LogP contribution in [0.4, 0.5) is 0 Å². The number of amides is 1. The average Bonchev–Trinajstić information content (AvgIpc) is 3.01. The van der Waals surface area contributed by atoms with Crippen LogP contribution in [-0.4, -0.2) is 39.8 Å². The SMILES string of the molecule is C[C@@H]1CCCN(C(=O)CSc2nnc(-c3cccc(Br)c3)o2)C1. The first-order valence-corrected chi connectivity index (χ1v) is 9.39. The van der Waals surface area contributed by atoms with E-state index in [0.717, 1.165) is 29.5 Å². The largest absolute Gasteiger partial charge is 0.411 e. The standard InChI is InChI=1S/C16H18BrN3O2S/c1-11-4-3-7-20(9-11)14(21)10-23-16-19-18-15(22-16)12-5-2-6-13(17)8-12/h2,5-6,8,11H,3-4,7,9-10H2,1H3/t11-/m1/s1. The van der Waals surface area contributed by atoms with Crippen LogP contribution in [0.3, 0.4) is 0 Å². The van der Waals surface area contributed by atoms with Gasteiger partial charge in [0.15, 0.2) is 0 Å². The third-order valence-electron chi connectivity index (χ3n) is 3.81. The van der Waals surface area contributed by atoms with Crippen LogP contribution in [0.25, 0.3) is 11.5 Å². The molecule has 0 aliphatic carbocycles. The second-order valence-corrected chi connectivity index (χ2v) is 7.60. The number of aromatic nitrogens is 2. The summed E-state index contributed by atoms with van der Waals surface area (Å²) in [5, 5.41) is 8.49. The number of piperidine rings is 1. The number of carbonyl (C=O) groups excluding carboxylic acids is 1. The molecular formula is C16H18BrN3O2S.